The van der Waals surface area contributed by atoms with Gasteiger partial charge < -0.3 is 15.5 Å². The topological polar surface area (TPSA) is 44.4 Å². The van der Waals surface area contributed by atoms with Crippen LogP contribution in [0.25, 0.3) is 0 Å². The average Bonchev–Trinajstić information content (AvgIpc) is 3.01. The molecule has 0 aromatic carbocycles. The summed E-state index contributed by atoms with van der Waals surface area (Å²) in [5.74, 6) is 0.135. The zero-order valence-corrected chi connectivity index (χ0v) is 11.8. The maximum absolute atomic E-state index is 12.0. The molecule has 0 spiro atoms. The van der Waals surface area contributed by atoms with Gasteiger partial charge in [-0.1, -0.05) is 6.07 Å². The van der Waals surface area contributed by atoms with Gasteiger partial charge in [0.15, 0.2) is 0 Å². The normalized spacial score (nSPS) is 21.2. The predicted octanol–water partition coefficient (Wildman–Crippen LogP) is 1.22. The number of hydrogen-bond acceptors (Lipinski definition) is 4. The van der Waals surface area contributed by atoms with Crippen LogP contribution in [0.5, 0.6) is 0 Å². The van der Waals surface area contributed by atoms with Crippen LogP contribution in [0.3, 0.4) is 0 Å². The van der Waals surface area contributed by atoms with Crippen molar-refractivity contribution >= 4 is 17.2 Å². The molecule has 1 amide bonds. The fraction of sp³-hybridized carbons (Fsp3) is 0.615. The second-order valence-electron chi connectivity index (χ2n) is 4.89. The average molecular weight is 267 g/mol. The van der Waals surface area contributed by atoms with Crippen molar-refractivity contribution in [3.63, 3.8) is 0 Å². The molecular formula is C13H21N3OS. The lowest BCUT2D eigenvalue weighted by atomic mass is 10.2. The Kier molecular flexibility index (Phi) is 4.74. The number of hydrogen-bond donors (Lipinski definition) is 2. The summed E-state index contributed by atoms with van der Waals surface area (Å²) in [6, 6.07) is 4.44. The quantitative estimate of drug-likeness (QED) is 0.843. The van der Waals surface area contributed by atoms with Gasteiger partial charge in [-0.15, -0.1) is 11.3 Å². The first-order valence-corrected chi connectivity index (χ1v) is 7.27. The minimum atomic E-state index is 0.0103. The fourth-order valence-corrected chi connectivity index (χ4v) is 3.17. The fourth-order valence-electron chi connectivity index (χ4n) is 2.25. The Labute approximate surface area is 112 Å². The van der Waals surface area contributed by atoms with Crippen LogP contribution >= 0.6 is 11.3 Å². The Hall–Kier alpha value is -0.910. The van der Waals surface area contributed by atoms with Crippen LogP contribution in [0, 0.1) is 0 Å². The van der Waals surface area contributed by atoms with Gasteiger partial charge >= 0.3 is 0 Å². The van der Waals surface area contributed by atoms with Gasteiger partial charge in [-0.05, 0) is 44.9 Å². The summed E-state index contributed by atoms with van der Waals surface area (Å²) in [5, 5.41) is 8.35. The molecular weight excluding hydrogens is 246 g/mol. The molecule has 1 aromatic heterocycles. The van der Waals surface area contributed by atoms with Gasteiger partial charge in [0.2, 0.25) is 5.91 Å². The van der Waals surface area contributed by atoms with E-state index >= 15 is 0 Å². The third-order valence-corrected chi connectivity index (χ3v) is 4.31. The van der Waals surface area contributed by atoms with E-state index in [0.29, 0.717) is 6.54 Å². The highest BCUT2D eigenvalue weighted by atomic mass is 32.1. The van der Waals surface area contributed by atoms with Gasteiger partial charge in [-0.25, -0.2) is 0 Å². The molecule has 18 heavy (non-hydrogen) atoms. The van der Waals surface area contributed by atoms with Crippen molar-refractivity contribution in [2.24, 2.45) is 0 Å². The lowest BCUT2D eigenvalue weighted by molar-refractivity contribution is -0.123. The summed E-state index contributed by atoms with van der Waals surface area (Å²) in [6.45, 7) is 1.63. The smallest absolute Gasteiger partial charge is 0.237 e. The van der Waals surface area contributed by atoms with E-state index < -0.39 is 0 Å². The van der Waals surface area contributed by atoms with Gasteiger partial charge in [-0.3, -0.25) is 4.79 Å². The Morgan fingerprint density at radius 1 is 1.67 bits per heavy atom. The Morgan fingerprint density at radius 3 is 3.06 bits per heavy atom. The van der Waals surface area contributed by atoms with Gasteiger partial charge in [0.25, 0.3) is 0 Å². The van der Waals surface area contributed by atoms with Crippen molar-refractivity contribution in [1.82, 2.24) is 15.5 Å². The maximum atomic E-state index is 12.0. The monoisotopic (exact) mass is 267 g/mol. The number of rotatable bonds is 5. The first-order chi connectivity index (χ1) is 8.68. The summed E-state index contributed by atoms with van der Waals surface area (Å²) in [5.41, 5.74) is 0. The van der Waals surface area contributed by atoms with Gasteiger partial charge in [0.1, 0.15) is 0 Å². The standard InChI is InChI=1S/C13H21N3OS/c1-16(2)11(12-6-4-8-18-12)9-15-13(17)10-5-3-7-14-10/h4,6,8,10-11,14H,3,5,7,9H2,1-2H3,(H,15,17)/t10-,11?/m1/s1. The van der Waals surface area contributed by atoms with Crippen molar-refractivity contribution in [3.8, 4) is 0 Å². The van der Waals surface area contributed by atoms with Gasteiger partial charge in [0.05, 0.1) is 12.1 Å². The van der Waals surface area contributed by atoms with Crippen molar-refractivity contribution in [2.45, 2.75) is 24.9 Å². The van der Waals surface area contributed by atoms with Crippen LogP contribution < -0.4 is 10.6 Å². The number of carbonyl (C=O) groups is 1. The number of carbonyl (C=O) groups excluding carboxylic acids is 1. The van der Waals surface area contributed by atoms with E-state index in [1.165, 1.54) is 4.88 Å². The third kappa shape index (κ3) is 3.31. The van der Waals surface area contributed by atoms with E-state index in [0.717, 1.165) is 19.4 Å². The van der Waals surface area contributed by atoms with E-state index in [4.69, 9.17) is 0 Å². The molecule has 1 saturated heterocycles. The molecule has 100 valence electrons. The second kappa shape index (κ2) is 6.31. The summed E-state index contributed by atoms with van der Waals surface area (Å²) in [6.07, 6.45) is 2.05. The zero-order valence-electron chi connectivity index (χ0n) is 11.0. The number of thiophene rings is 1. The van der Waals surface area contributed by atoms with Gasteiger partial charge in [-0.2, -0.15) is 0 Å². The van der Waals surface area contributed by atoms with E-state index in [-0.39, 0.29) is 18.0 Å². The van der Waals surface area contributed by atoms with Crippen molar-refractivity contribution in [3.05, 3.63) is 22.4 Å². The van der Waals surface area contributed by atoms with Crippen LogP contribution in [0.15, 0.2) is 17.5 Å². The van der Waals surface area contributed by atoms with Gasteiger partial charge in [0, 0.05) is 11.4 Å². The Bertz CT molecular complexity index is 372. The van der Waals surface area contributed by atoms with Crippen molar-refractivity contribution in [1.29, 1.82) is 0 Å². The molecule has 1 unspecified atom stereocenters. The van der Waals surface area contributed by atoms with Crippen LogP contribution in [-0.4, -0.2) is 44.0 Å². The molecule has 5 heteroatoms. The van der Waals surface area contributed by atoms with E-state index in [2.05, 4.69) is 33.0 Å². The molecule has 2 heterocycles. The first-order valence-electron chi connectivity index (χ1n) is 6.39. The van der Waals surface area contributed by atoms with E-state index in [9.17, 15) is 4.79 Å². The number of likely N-dealkylation sites (N-methyl/N-ethyl adjacent to an activating group) is 1. The summed E-state index contributed by atoms with van der Waals surface area (Å²) < 4.78 is 0. The molecule has 0 aliphatic carbocycles. The molecule has 2 rings (SSSR count). The van der Waals surface area contributed by atoms with Crippen LogP contribution in [0.2, 0.25) is 0 Å². The lowest BCUT2D eigenvalue weighted by Gasteiger charge is -2.24. The highest BCUT2D eigenvalue weighted by molar-refractivity contribution is 7.10. The molecule has 0 bridgehead atoms. The summed E-state index contributed by atoms with van der Waals surface area (Å²) >= 11 is 1.73. The summed E-state index contributed by atoms with van der Waals surface area (Å²) in [7, 11) is 4.09. The molecule has 1 fully saturated rings. The zero-order chi connectivity index (χ0) is 13.0. The minimum absolute atomic E-state index is 0.0103. The highest BCUT2D eigenvalue weighted by Gasteiger charge is 2.23. The Morgan fingerprint density at radius 2 is 2.50 bits per heavy atom. The van der Waals surface area contributed by atoms with Crippen LogP contribution in [0.1, 0.15) is 23.8 Å². The largest absolute Gasteiger partial charge is 0.353 e. The molecule has 1 aromatic rings. The lowest BCUT2D eigenvalue weighted by Crippen LogP contribution is -2.43. The first kappa shape index (κ1) is 13.5. The number of nitrogens with one attached hydrogen (secondary N) is 2. The summed E-state index contributed by atoms with van der Waals surface area (Å²) in [4.78, 5) is 15.4. The van der Waals surface area contributed by atoms with Crippen LogP contribution in [-0.2, 0) is 4.79 Å². The molecule has 2 atom stereocenters. The number of nitrogens with zero attached hydrogens (tertiary/aromatic N) is 1. The molecule has 0 radical (unpaired) electrons. The maximum Gasteiger partial charge on any atom is 0.237 e. The van der Waals surface area contributed by atoms with E-state index in [1.54, 1.807) is 11.3 Å². The molecule has 1 aliphatic rings. The highest BCUT2D eigenvalue weighted by Crippen LogP contribution is 2.22. The minimum Gasteiger partial charge on any atom is -0.353 e. The molecule has 2 N–H and O–H groups in total. The molecule has 4 nitrogen and oxygen atoms in total. The number of amides is 1. The Balaban J connectivity index is 1.88. The second-order valence-corrected chi connectivity index (χ2v) is 5.87. The van der Waals surface area contributed by atoms with Crippen molar-refractivity contribution in [2.75, 3.05) is 27.2 Å². The SMILES string of the molecule is CN(C)C(CNC(=O)[C@H]1CCCN1)c1cccs1. The van der Waals surface area contributed by atoms with Crippen LogP contribution in [0.4, 0.5) is 0 Å². The third-order valence-electron chi connectivity index (χ3n) is 3.34. The molecule has 1 aliphatic heterocycles. The van der Waals surface area contributed by atoms with E-state index in [1.807, 2.05) is 14.1 Å². The van der Waals surface area contributed by atoms with Crippen molar-refractivity contribution < 1.29 is 4.79 Å². The predicted molar refractivity (Wildman–Crippen MR) is 74.8 cm³/mol. The molecule has 0 saturated carbocycles.